The first kappa shape index (κ1) is 16.9. The van der Waals surface area contributed by atoms with Crippen LogP contribution in [0, 0.1) is 0 Å². The SMILES string of the molecule is CC(C)Oc1ccccc1NC(=O)c1ccccc1OC(C)C. The molecule has 23 heavy (non-hydrogen) atoms. The van der Waals surface area contributed by atoms with E-state index < -0.39 is 0 Å². The molecule has 0 aliphatic carbocycles. The molecule has 0 fully saturated rings. The molecule has 0 heterocycles. The predicted octanol–water partition coefficient (Wildman–Crippen LogP) is 4.51. The van der Waals surface area contributed by atoms with Gasteiger partial charge < -0.3 is 14.8 Å². The number of amides is 1. The number of benzene rings is 2. The smallest absolute Gasteiger partial charge is 0.259 e. The highest BCUT2D eigenvalue weighted by molar-refractivity contribution is 6.06. The van der Waals surface area contributed by atoms with Crippen molar-refractivity contribution in [2.24, 2.45) is 0 Å². The van der Waals surface area contributed by atoms with Gasteiger partial charge in [0.25, 0.3) is 5.91 Å². The van der Waals surface area contributed by atoms with Crippen LogP contribution in [0.2, 0.25) is 0 Å². The van der Waals surface area contributed by atoms with Crippen LogP contribution in [-0.2, 0) is 0 Å². The minimum Gasteiger partial charge on any atom is -0.490 e. The van der Waals surface area contributed by atoms with Crippen LogP contribution in [0.1, 0.15) is 38.1 Å². The maximum Gasteiger partial charge on any atom is 0.259 e. The Hall–Kier alpha value is -2.49. The summed E-state index contributed by atoms with van der Waals surface area (Å²) in [5.74, 6) is 1.00. The predicted molar refractivity (Wildman–Crippen MR) is 92.4 cm³/mol. The number of hydrogen-bond acceptors (Lipinski definition) is 3. The zero-order valence-electron chi connectivity index (χ0n) is 14.0. The lowest BCUT2D eigenvalue weighted by Crippen LogP contribution is -2.17. The van der Waals surface area contributed by atoms with E-state index in [4.69, 9.17) is 9.47 Å². The van der Waals surface area contributed by atoms with Gasteiger partial charge in [-0.1, -0.05) is 24.3 Å². The Morgan fingerprint density at radius 3 is 2.00 bits per heavy atom. The van der Waals surface area contributed by atoms with Gasteiger partial charge in [0.15, 0.2) is 0 Å². The molecule has 0 aliphatic rings. The van der Waals surface area contributed by atoms with Gasteiger partial charge in [-0.2, -0.15) is 0 Å². The Morgan fingerprint density at radius 1 is 0.826 bits per heavy atom. The fourth-order valence-corrected chi connectivity index (χ4v) is 2.13. The highest BCUT2D eigenvalue weighted by Crippen LogP contribution is 2.27. The Balaban J connectivity index is 2.23. The average molecular weight is 313 g/mol. The normalized spacial score (nSPS) is 10.7. The molecule has 0 radical (unpaired) electrons. The number of hydrogen-bond donors (Lipinski definition) is 1. The van der Waals surface area contributed by atoms with E-state index in [0.29, 0.717) is 22.7 Å². The van der Waals surface area contributed by atoms with E-state index >= 15 is 0 Å². The summed E-state index contributed by atoms with van der Waals surface area (Å²) < 4.78 is 11.4. The topological polar surface area (TPSA) is 47.6 Å². The molecular formula is C19H23NO3. The Labute approximate surface area is 137 Å². The van der Waals surface area contributed by atoms with Crippen molar-refractivity contribution in [2.75, 3.05) is 5.32 Å². The molecule has 0 saturated carbocycles. The zero-order chi connectivity index (χ0) is 16.8. The summed E-state index contributed by atoms with van der Waals surface area (Å²) in [6.45, 7) is 7.76. The van der Waals surface area contributed by atoms with Gasteiger partial charge in [-0.15, -0.1) is 0 Å². The Morgan fingerprint density at radius 2 is 1.35 bits per heavy atom. The molecule has 0 saturated heterocycles. The van der Waals surface area contributed by atoms with Crippen LogP contribution in [-0.4, -0.2) is 18.1 Å². The maximum atomic E-state index is 12.6. The lowest BCUT2D eigenvalue weighted by molar-refractivity contribution is 0.102. The van der Waals surface area contributed by atoms with E-state index in [-0.39, 0.29) is 18.1 Å². The third-order valence-electron chi connectivity index (χ3n) is 2.99. The van der Waals surface area contributed by atoms with Gasteiger partial charge in [-0.25, -0.2) is 0 Å². The van der Waals surface area contributed by atoms with Gasteiger partial charge >= 0.3 is 0 Å². The highest BCUT2D eigenvalue weighted by atomic mass is 16.5. The molecule has 0 aliphatic heterocycles. The molecule has 0 aromatic heterocycles. The van der Waals surface area contributed by atoms with E-state index in [0.717, 1.165) is 0 Å². The Kier molecular flexibility index (Phi) is 5.63. The van der Waals surface area contributed by atoms with Crippen LogP contribution in [0.5, 0.6) is 11.5 Å². The van der Waals surface area contributed by atoms with Crippen LogP contribution < -0.4 is 14.8 Å². The van der Waals surface area contributed by atoms with Crippen molar-refractivity contribution < 1.29 is 14.3 Å². The standard InChI is InChI=1S/C19H23NO3/c1-13(2)22-17-11-7-5-9-15(17)19(21)20-16-10-6-8-12-18(16)23-14(3)4/h5-14H,1-4H3,(H,20,21). The molecular weight excluding hydrogens is 290 g/mol. The van der Waals surface area contributed by atoms with Gasteiger partial charge in [0.05, 0.1) is 23.5 Å². The molecule has 0 bridgehead atoms. The monoisotopic (exact) mass is 313 g/mol. The van der Waals surface area contributed by atoms with E-state index in [1.807, 2.05) is 64.1 Å². The highest BCUT2D eigenvalue weighted by Gasteiger charge is 2.15. The van der Waals surface area contributed by atoms with E-state index in [9.17, 15) is 4.79 Å². The summed E-state index contributed by atoms with van der Waals surface area (Å²) in [5.41, 5.74) is 1.14. The van der Waals surface area contributed by atoms with Crippen LogP contribution in [0.4, 0.5) is 5.69 Å². The van der Waals surface area contributed by atoms with Crippen molar-refractivity contribution >= 4 is 11.6 Å². The molecule has 122 valence electrons. The number of anilines is 1. The second kappa shape index (κ2) is 7.68. The van der Waals surface area contributed by atoms with Crippen molar-refractivity contribution in [1.82, 2.24) is 0 Å². The largest absolute Gasteiger partial charge is 0.490 e. The van der Waals surface area contributed by atoms with E-state index in [1.54, 1.807) is 12.1 Å². The number of para-hydroxylation sites is 3. The molecule has 0 unspecified atom stereocenters. The number of nitrogens with one attached hydrogen (secondary N) is 1. The molecule has 0 spiro atoms. The minimum absolute atomic E-state index is 0.000473. The zero-order valence-corrected chi connectivity index (χ0v) is 14.0. The first-order valence-electron chi connectivity index (χ1n) is 7.80. The number of rotatable bonds is 6. The molecule has 1 N–H and O–H groups in total. The Bertz CT molecular complexity index is 665. The van der Waals surface area contributed by atoms with Crippen LogP contribution in [0.15, 0.2) is 48.5 Å². The summed E-state index contributed by atoms with van der Waals surface area (Å²) in [4.78, 5) is 12.6. The van der Waals surface area contributed by atoms with Crippen LogP contribution in [0.3, 0.4) is 0 Å². The lowest BCUT2D eigenvalue weighted by atomic mass is 10.1. The molecule has 2 rings (SSSR count). The van der Waals surface area contributed by atoms with Gasteiger partial charge in [0.1, 0.15) is 11.5 Å². The first-order valence-corrected chi connectivity index (χ1v) is 7.80. The summed E-state index contributed by atoms with van der Waals surface area (Å²) in [7, 11) is 0. The summed E-state index contributed by atoms with van der Waals surface area (Å²) in [6.07, 6.45) is 0.0325. The number of carbonyl (C=O) groups excluding carboxylic acids is 1. The minimum atomic E-state index is -0.221. The van der Waals surface area contributed by atoms with Crippen LogP contribution >= 0.6 is 0 Å². The first-order chi connectivity index (χ1) is 11.0. The summed E-state index contributed by atoms with van der Waals surface area (Å²) in [5, 5.41) is 2.90. The quantitative estimate of drug-likeness (QED) is 0.853. The van der Waals surface area contributed by atoms with Gasteiger partial charge in [0, 0.05) is 0 Å². The van der Waals surface area contributed by atoms with Crippen LogP contribution in [0.25, 0.3) is 0 Å². The van der Waals surface area contributed by atoms with Gasteiger partial charge in [-0.3, -0.25) is 4.79 Å². The fraction of sp³-hybridized carbons (Fsp3) is 0.316. The average Bonchev–Trinajstić information content (AvgIpc) is 2.48. The second-order valence-corrected chi connectivity index (χ2v) is 5.78. The summed E-state index contributed by atoms with van der Waals surface area (Å²) in [6, 6.07) is 14.6. The molecule has 4 nitrogen and oxygen atoms in total. The molecule has 2 aromatic carbocycles. The van der Waals surface area contributed by atoms with Gasteiger partial charge in [-0.05, 0) is 52.0 Å². The molecule has 4 heteroatoms. The third-order valence-corrected chi connectivity index (χ3v) is 2.99. The lowest BCUT2D eigenvalue weighted by Gasteiger charge is -2.16. The van der Waals surface area contributed by atoms with Crippen molar-refractivity contribution in [1.29, 1.82) is 0 Å². The molecule has 1 amide bonds. The number of ether oxygens (including phenoxy) is 2. The van der Waals surface area contributed by atoms with E-state index in [1.165, 1.54) is 0 Å². The number of carbonyl (C=O) groups is 1. The van der Waals surface area contributed by atoms with Gasteiger partial charge in [0.2, 0.25) is 0 Å². The maximum absolute atomic E-state index is 12.6. The van der Waals surface area contributed by atoms with Crippen molar-refractivity contribution in [3.05, 3.63) is 54.1 Å². The third kappa shape index (κ3) is 4.74. The molecule has 2 aromatic rings. The fourth-order valence-electron chi connectivity index (χ4n) is 2.13. The van der Waals surface area contributed by atoms with Crippen molar-refractivity contribution in [2.45, 2.75) is 39.9 Å². The van der Waals surface area contributed by atoms with E-state index in [2.05, 4.69) is 5.32 Å². The molecule has 0 atom stereocenters. The summed E-state index contributed by atoms with van der Waals surface area (Å²) >= 11 is 0. The van der Waals surface area contributed by atoms with Crippen molar-refractivity contribution in [3.8, 4) is 11.5 Å². The van der Waals surface area contributed by atoms with Crippen molar-refractivity contribution in [3.63, 3.8) is 0 Å². The second-order valence-electron chi connectivity index (χ2n) is 5.78.